The lowest BCUT2D eigenvalue weighted by Crippen LogP contribution is -2.36. The number of halogens is 1. The van der Waals surface area contributed by atoms with Crippen LogP contribution < -0.4 is 21.5 Å². The molecule has 0 bridgehead atoms. The second-order valence-corrected chi connectivity index (χ2v) is 4.88. The zero-order valence-electron chi connectivity index (χ0n) is 11.6. The second-order valence-electron chi connectivity index (χ2n) is 4.88. The van der Waals surface area contributed by atoms with Crippen LogP contribution in [0.2, 0.25) is 0 Å². The van der Waals surface area contributed by atoms with Crippen molar-refractivity contribution in [2.45, 2.75) is 6.54 Å². The standard InChI is InChI=1S/C17H13FN2O2/c18-12-6-8-13(9-7-12)20-15-14(16(21)17(15)22)19-10-11-4-2-1-3-5-11/h1-9,19-20H,10H2. The fraction of sp³-hybridized carbons (Fsp3) is 0.0588. The van der Waals surface area contributed by atoms with Crippen molar-refractivity contribution < 1.29 is 4.39 Å². The number of rotatable bonds is 5. The summed E-state index contributed by atoms with van der Waals surface area (Å²) in [5.74, 6) is -0.363. The van der Waals surface area contributed by atoms with E-state index in [2.05, 4.69) is 10.6 Å². The Morgan fingerprint density at radius 3 is 2.14 bits per heavy atom. The van der Waals surface area contributed by atoms with Gasteiger partial charge < -0.3 is 10.6 Å². The molecule has 3 aromatic rings. The van der Waals surface area contributed by atoms with Crippen LogP contribution in [-0.2, 0) is 6.54 Å². The normalized spacial score (nSPS) is 10.6. The molecule has 0 aliphatic rings. The smallest absolute Gasteiger partial charge is 0.253 e. The number of hydrogen-bond donors (Lipinski definition) is 2. The molecule has 0 radical (unpaired) electrons. The molecule has 5 heteroatoms. The van der Waals surface area contributed by atoms with Gasteiger partial charge in [0.05, 0.1) is 0 Å². The Balaban J connectivity index is 1.76. The van der Waals surface area contributed by atoms with Crippen LogP contribution >= 0.6 is 0 Å². The Bertz CT molecular complexity index is 851. The fourth-order valence-corrected chi connectivity index (χ4v) is 2.14. The summed E-state index contributed by atoms with van der Waals surface area (Å²) in [6, 6.07) is 15.1. The van der Waals surface area contributed by atoms with Gasteiger partial charge >= 0.3 is 0 Å². The quantitative estimate of drug-likeness (QED) is 0.711. The van der Waals surface area contributed by atoms with Gasteiger partial charge in [-0.1, -0.05) is 30.3 Å². The van der Waals surface area contributed by atoms with Crippen LogP contribution in [0.15, 0.2) is 64.2 Å². The molecule has 0 spiro atoms. The van der Waals surface area contributed by atoms with Crippen LogP contribution in [0.1, 0.15) is 5.56 Å². The van der Waals surface area contributed by atoms with Crippen molar-refractivity contribution in [2.75, 3.05) is 10.6 Å². The minimum Gasteiger partial charge on any atom is -0.376 e. The molecule has 4 nitrogen and oxygen atoms in total. The summed E-state index contributed by atoms with van der Waals surface area (Å²) in [5.41, 5.74) is 0.922. The number of benzene rings is 2. The predicted molar refractivity (Wildman–Crippen MR) is 84.8 cm³/mol. The summed E-state index contributed by atoms with van der Waals surface area (Å²) in [7, 11) is 0. The number of anilines is 3. The number of nitrogens with one attached hydrogen (secondary N) is 2. The Kier molecular flexibility index (Phi) is 3.70. The molecule has 0 fully saturated rings. The van der Waals surface area contributed by atoms with Crippen LogP contribution in [-0.4, -0.2) is 0 Å². The lowest BCUT2D eigenvalue weighted by atomic mass is 10.1. The maximum absolute atomic E-state index is 12.9. The minimum absolute atomic E-state index is 0.215. The van der Waals surface area contributed by atoms with E-state index in [1.54, 1.807) is 0 Å². The molecule has 0 aliphatic heterocycles. The van der Waals surface area contributed by atoms with E-state index in [1.165, 1.54) is 24.3 Å². The lowest BCUT2D eigenvalue weighted by molar-refractivity contribution is 0.628. The summed E-state index contributed by atoms with van der Waals surface area (Å²) in [6.45, 7) is 0.448. The second kappa shape index (κ2) is 5.81. The lowest BCUT2D eigenvalue weighted by Gasteiger charge is -2.15. The highest BCUT2D eigenvalue weighted by molar-refractivity contribution is 5.78. The first-order chi connectivity index (χ1) is 10.6. The van der Waals surface area contributed by atoms with Crippen molar-refractivity contribution in [1.82, 2.24) is 0 Å². The van der Waals surface area contributed by atoms with E-state index in [9.17, 15) is 14.0 Å². The molecule has 0 atom stereocenters. The third kappa shape index (κ3) is 2.74. The Morgan fingerprint density at radius 1 is 0.818 bits per heavy atom. The van der Waals surface area contributed by atoms with Gasteiger partial charge in [0.15, 0.2) is 0 Å². The summed E-state index contributed by atoms with van der Waals surface area (Å²) in [6.07, 6.45) is 0. The molecule has 2 N–H and O–H groups in total. The van der Waals surface area contributed by atoms with Gasteiger partial charge in [-0.25, -0.2) is 4.39 Å². The van der Waals surface area contributed by atoms with Gasteiger partial charge in [0.25, 0.3) is 10.9 Å². The van der Waals surface area contributed by atoms with Gasteiger partial charge in [0.1, 0.15) is 17.2 Å². The minimum atomic E-state index is -0.570. The molecule has 0 aromatic heterocycles. The maximum Gasteiger partial charge on any atom is 0.253 e. The molecule has 0 saturated heterocycles. The molecule has 0 saturated carbocycles. The van der Waals surface area contributed by atoms with Crippen molar-refractivity contribution in [3.8, 4) is 0 Å². The van der Waals surface area contributed by atoms with E-state index in [0.717, 1.165) is 5.56 Å². The molecule has 0 amide bonds. The summed E-state index contributed by atoms with van der Waals surface area (Å²) < 4.78 is 12.9. The zero-order valence-corrected chi connectivity index (χ0v) is 11.6. The molecule has 0 aliphatic carbocycles. The fourth-order valence-electron chi connectivity index (χ4n) is 2.14. The molecule has 0 unspecified atom stereocenters. The molecule has 110 valence electrons. The van der Waals surface area contributed by atoms with Gasteiger partial charge in [0, 0.05) is 12.2 Å². The molecule has 3 aromatic carbocycles. The highest BCUT2D eigenvalue weighted by Gasteiger charge is 2.20. The van der Waals surface area contributed by atoms with Gasteiger partial charge in [-0.3, -0.25) is 9.59 Å². The Morgan fingerprint density at radius 2 is 1.45 bits per heavy atom. The van der Waals surface area contributed by atoms with Gasteiger partial charge in [-0.2, -0.15) is 0 Å². The molecule has 22 heavy (non-hydrogen) atoms. The van der Waals surface area contributed by atoms with Gasteiger partial charge in [-0.15, -0.1) is 0 Å². The average Bonchev–Trinajstić information content (AvgIpc) is 2.56. The molecular weight excluding hydrogens is 283 g/mol. The highest BCUT2D eigenvalue weighted by atomic mass is 19.1. The van der Waals surface area contributed by atoms with E-state index in [0.29, 0.717) is 12.2 Å². The van der Waals surface area contributed by atoms with E-state index >= 15 is 0 Å². The van der Waals surface area contributed by atoms with Crippen molar-refractivity contribution >= 4 is 17.1 Å². The van der Waals surface area contributed by atoms with Crippen LogP contribution in [0, 0.1) is 5.82 Å². The molecule has 0 heterocycles. The van der Waals surface area contributed by atoms with E-state index < -0.39 is 10.9 Å². The predicted octanol–water partition coefficient (Wildman–Crippen LogP) is 2.78. The van der Waals surface area contributed by atoms with Crippen LogP contribution in [0.25, 0.3) is 0 Å². The largest absolute Gasteiger partial charge is 0.376 e. The zero-order chi connectivity index (χ0) is 15.5. The monoisotopic (exact) mass is 296 g/mol. The summed E-state index contributed by atoms with van der Waals surface area (Å²) in [4.78, 5) is 23.3. The van der Waals surface area contributed by atoms with Crippen molar-refractivity contribution in [3.05, 3.63) is 86.4 Å². The average molecular weight is 296 g/mol. The first-order valence-corrected chi connectivity index (χ1v) is 6.79. The third-order valence-electron chi connectivity index (χ3n) is 3.34. The van der Waals surface area contributed by atoms with E-state index in [1.807, 2.05) is 30.3 Å². The van der Waals surface area contributed by atoms with Crippen LogP contribution in [0.4, 0.5) is 21.5 Å². The molecular formula is C17H13FN2O2. The SMILES string of the molecule is O=c1c(NCc2ccccc2)c(Nc2ccc(F)cc2)c1=O. The third-order valence-corrected chi connectivity index (χ3v) is 3.34. The van der Waals surface area contributed by atoms with E-state index in [4.69, 9.17) is 0 Å². The molecule has 3 rings (SSSR count). The highest BCUT2D eigenvalue weighted by Crippen LogP contribution is 2.21. The van der Waals surface area contributed by atoms with Crippen LogP contribution in [0.3, 0.4) is 0 Å². The van der Waals surface area contributed by atoms with Crippen molar-refractivity contribution in [2.24, 2.45) is 0 Å². The Labute approximate surface area is 125 Å². The summed E-state index contributed by atoms with van der Waals surface area (Å²) >= 11 is 0. The van der Waals surface area contributed by atoms with Crippen LogP contribution in [0.5, 0.6) is 0 Å². The number of hydrogen-bond acceptors (Lipinski definition) is 4. The van der Waals surface area contributed by atoms with Crippen molar-refractivity contribution in [3.63, 3.8) is 0 Å². The first-order valence-electron chi connectivity index (χ1n) is 6.79. The Hall–Kier alpha value is -2.95. The van der Waals surface area contributed by atoms with E-state index in [-0.39, 0.29) is 17.2 Å². The maximum atomic E-state index is 12.9. The summed E-state index contributed by atoms with van der Waals surface area (Å²) in [5, 5.41) is 5.82. The van der Waals surface area contributed by atoms with Gasteiger partial charge in [0.2, 0.25) is 0 Å². The van der Waals surface area contributed by atoms with Crippen molar-refractivity contribution in [1.29, 1.82) is 0 Å². The van der Waals surface area contributed by atoms with Gasteiger partial charge in [-0.05, 0) is 29.8 Å². The first kappa shape index (κ1) is 14.0. The topological polar surface area (TPSA) is 58.2 Å².